The molecule has 26 heavy (non-hydrogen) atoms. The van der Waals surface area contributed by atoms with Gasteiger partial charge in [0.1, 0.15) is 9.88 Å². The van der Waals surface area contributed by atoms with Crippen molar-refractivity contribution < 1.29 is 4.79 Å². The maximum absolute atomic E-state index is 12.5. The molecule has 2 aromatic heterocycles. The highest BCUT2D eigenvalue weighted by Gasteiger charge is 2.21. The van der Waals surface area contributed by atoms with Gasteiger partial charge in [0, 0.05) is 30.6 Å². The minimum absolute atomic E-state index is 0.0155. The van der Waals surface area contributed by atoms with Crippen LogP contribution in [-0.4, -0.2) is 42.0 Å². The molecule has 1 aliphatic heterocycles. The van der Waals surface area contributed by atoms with E-state index in [1.54, 1.807) is 11.3 Å². The Kier molecular flexibility index (Phi) is 6.84. The molecule has 0 radical (unpaired) electrons. The Hall–Kier alpha value is -1.24. The van der Waals surface area contributed by atoms with Crippen molar-refractivity contribution in [3.8, 4) is 10.6 Å². The zero-order valence-corrected chi connectivity index (χ0v) is 17.6. The first-order chi connectivity index (χ1) is 12.5. The van der Waals surface area contributed by atoms with Crippen LogP contribution in [0.1, 0.15) is 48.5 Å². The fraction of sp³-hybridized carbons (Fsp3) is 0.600. The first-order valence-electron chi connectivity index (χ1n) is 9.53. The summed E-state index contributed by atoms with van der Waals surface area (Å²) in [6.07, 6.45) is 3.52. The Morgan fingerprint density at radius 3 is 2.77 bits per heavy atom. The lowest BCUT2D eigenvalue weighted by Gasteiger charge is -2.34. The number of thiazole rings is 1. The molecular weight excluding hydrogens is 362 g/mol. The average Bonchev–Trinajstić information content (AvgIpc) is 3.22. The fourth-order valence-corrected chi connectivity index (χ4v) is 5.53. The van der Waals surface area contributed by atoms with Gasteiger partial charge in [-0.2, -0.15) is 11.3 Å². The van der Waals surface area contributed by atoms with Crippen LogP contribution in [0.3, 0.4) is 0 Å². The third-order valence-corrected chi connectivity index (χ3v) is 6.79. The number of piperidine rings is 1. The number of rotatable bonds is 7. The zero-order valence-electron chi connectivity index (χ0n) is 16.0. The number of nitrogens with one attached hydrogen (secondary N) is 1. The molecule has 1 aliphatic rings. The monoisotopic (exact) mass is 391 g/mol. The van der Waals surface area contributed by atoms with Crippen molar-refractivity contribution >= 4 is 28.6 Å². The lowest BCUT2D eigenvalue weighted by molar-refractivity contribution is 0.0955. The summed E-state index contributed by atoms with van der Waals surface area (Å²) in [6, 6.07) is 2.05. The van der Waals surface area contributed by atoms with Crippen molar-refractivity contribution in [3.05, 3.63) is 27.4 Å². The summed E-state index contributed by atoms with van der Waals surface area (Å²) in [7, 11) is 0. The normalized spacial score (nSPS) is 21.0. The molecule has 1 saturated heterocycles. The first kappa shape index (κ1) is 19.5. The maximum atomic E-state index is 12.5. The van der Waals surface area contributed by atoms with E-state index in [2.05, 4.69) is 34.4 Å². The van der Waals surface area contributed by atoms with Crippen LogP contribution in [0.5, 0.6) is 0 Å². The average molecular weight is 392 g/mol. The molecule has 4 nitrogen and oxygen atoms in total. The van der Waals surface area contributed by atoms with E-state index in [0.29, 0.717) is 0 Å². The summed E-state index contributed by atoms with van der Waals surface area (Å²) in [5.74, 6) is 1.64. The maximum Gasteiger partial charge on any atom is 0.263 e. The van der Waals surface area contributed by atoms with Gasteiger partial charge in [0.25, 0.3) is 5.91 Å². The Morgan fingerprint density at radius 2 is 2.08 bits per heavy atom. The van der Waals surface area contributed by atoms with Crippen LogP contribution in [0.15, 0.2) is 16.8 Å². The number of amides is 1. The lowest BCUT2D eigenvalue weighted by atomic mass is 9.92. The first-order valence-corrected chi connectivity index (χ1v) is 11.3. The van der Waals surface area contributed by atoms with Gasteiger partial charge >= 0.3 is 0 Å². The van der Waals surface area contributed by atoms with Gasteiger partial charge in [-0.25, -0.2) is 4.98 Å². The molecule has 1 fully saturated rings. The van der Waals surface area contributed by atoms with Crippen LogP contribution in [0.4, 0.5) is 0 Å². The van der Waals surface area contributed by atoms with Gasteiger partial charge in [0.05, 0.1) is 5.69 Å². The Morgan fingerprint density at radius 1 is 1.31 bits per heavy atom. The molecule has 6 heteroatoms. The van der Waals surface area contributed by atoms with Crippen LogP contribution >= 0.6 is 22.7 Å². The van der Waals surface area contributed by atoms with E-state index in [1.165, 1.54) is 30.8 Å². The number of carbonyl (C=O) groups excluding carboxylic acids is 1. The van der Waals surface area contributed by atoms with Gasteiger partial charge in [-0.3, -0.25) is 4.79 Å². The van der Waals surface area contributed by atoms with Crippen molar-refractivity contribution in [1.82, 2.24) is 15.2 Å². The van der Waals surface area contributed by atoms with E-state index in [9.17, 15) is 4.79 Å². The van der Waals surface area contributed by atoms with Crippen LogP contribution in [-0.2, 0) is 0 Å². The topological polar surface area (TPSA) is 45.2 Å². The van der Waals surface area contributed by atoms with Crippen molar-refractivity contribution in [1.29, 1.82) is 0 Å². The Bertz CT molecular complexity index is 701. The number of unbranched alkanes of at least 4 members (excludes halogenated alkanes) is 1. The summed E-state index contributed by atoms with van der Waals surface area (Å²) in [5, 5.41) is 8.11. The minimum Gasteiger partial charge on any atom is -0.351 e. The molecule has 2 aromatic rings. The van der Waals surface area contributed by atoms with Gasteiger partial charge in [-0.05, 0) is 56.0 Å². The largest absolute Gasteiger partial charge is 0.351 e. The number of likely N-dealkylation sites (tertiary alicyclic amines) is 1. The molecule has 1 amide bonds. The van der Waals surface area contributed by atoms with Crippen molar-refractivity contribution in [2.45, 2.75) is 40.0 Å². The molecule has 3 heterocycles. The van der Waals surface area contributed by atoms with Crippen LogP contribution in [0.25, 0.3) is 10.6 Å². The van der Waals surface area contributed by atoms with Gasteiger partial charge in [0.2, 0.25) is 0 Å². The standard InChI is InChI=1S/C20H29N3OS2/c1-14-10-15(2)12-23(11-14)8-5-4-7-21-19(24)18-16(3)22-20(26-18)17-6-9-25-13-17/h6,9,13-15H,4-5,7-8,10-12H2,1-3H3,(H,21,24)/t14-,15-/m1/s1. The third-order valence-electron chi connectivity index (χ3n) is 4.90. The molecule has 2 atom stereocenters. The summed E-state index contributed by atoms with van der Waals surface area (Å²) >= 11 is 3.14. The van der Waals surface area contributed by atoms with E-state index in [-0.39, 0.29) is 5.91 Å². The number of hydrogen-bond acceptors (Lipinski definition) is 5. The molecule has 3 rings (SSSR count). The van der Waals surface area contributed by atoms with Crippen LogP contribution in [0, 0.1) is 18.8 Å². The number of carbonyl (C=O) groups is 1. The molecule has 1 N–H and O–H groups in total. The van der Waals surface area contributed by atoms with E-state index in [4.69, 9.17) is 0 Å². The number of aryl methyl sites for hydroxylation is 1. The second-order valence-corrected chi connectivity index (χ2v) is 9.39. The van der Waals surface area contributed by atoms with Gasteiger partial charge in [0.15, 0.2) is 0 Å². The van der Waals surface area contributed by atoms with Crippen molar-refractivity contribution in [3.63, 3.8) is 0 Å². The van der Waals surface area contributed by atoms with Crippen LogP contribution in [0.2, 0.25) is 0 Å². The summed E-state index contributed by atoms with van der Waals surface area (Å²) in [5.41, 5.74) is 1.93. The Labute approximate surface area is 164 Å². The smallest absolute Gasteiger partial charge is 0.263 e. The third kappa shape index (κ3) is 5.15. The fourth-order valence-electron chi connectivity index (χ4n) is 3.83. The molecule has 0 spiro atoms. The van der Waals surface area contributed by atoms with Gasteiger partial charge in [-0.15, -0.1) is 11.3 Å². The predicted molar refractivity (Wildman–Crippen MR) is 111 cm³/mol. The molecule has 0 unspecified atom stereocenters. The molecular formula is C20H29N3OS2. The van der Waals surface area contributed by atoms with E-state index >= 15 is 0 Å². The molecule has 142 valence electrons. The molecule has 0 aliphatic carbocycles. The number of nitrogens with zero attached hydrogens (tertiary/aromatic N) is 2. The van der Waals surface area contributed by atoms with E-state index < -0.39 is 0 Å². The van der Waals surface area contributed by atoms with E-state index in [0.717, 1.165) is 58.9 Å². The van der Waals surface area contributed by atoms with Crippen molar-refractivity contribution in [2.75, 3.05) is 26.2 Å². The second-order valence-electron chi connectivity index (χ2n) is 7.61. The zero-order chi connectivity index (χ0) is 18.5. The highest BCUT2D eigenvalue weighted by atomic mass is 32.1. The lowest BCUT2D eigenvalue weighted by Crippen LogP contribution is -2.39. The number of thiophene rings is 1. The Balaban J connectivity index is 1.41. The summed E-state index contributed by atoms with van der Waals surface area (Å²) < 4.78 is 0. The van der Waals surface area contributed by atoms with Crippen molar-refractivity contribution in [2.24, 2.45) is 11.8 Å². The highest BCUT2D eigenvalue weighted by molar-refractivity contribution is 7.17. The number of hydrogen-bond donors (Lipinski definition) is 1. The predicted octanol–water partition coefficient (Wildman–Crippen LogP) is 4.67. The second kappa shape index (κ2) is 9.11. The number of aromatic nitrogens is 1. The molecule has 0 bridgehead atoms. The summed E-state index contributed by atoms with van der Waals surface area (Å²) in [6.45, 7) is 11.0. The summed E-state index contributed by atoms with van der Waals surface area (Å²) in [4.78, 5) is 20.3. The van der Waals surface area contributed by atoms with Gasteiger partial charge < -0.3 is 10.2 Å². The van der Waals surface area contributed by atoms with E-state index in [1.807, 2.05) is 18.4 Å². The quantitative estimate of drug-likeness (QED) is 0.698. The van der Waals surface area contributed by atoms with Crippen LogP contribution < -0.4 is 5.32 Å². The molecule has 0 aromatic carbocycles. The minimum atomic E-state index is 0.0155. The highest BCUT2D eigenvalue weighted by Crippen LogP contribution is 2.29. The molecule has 0 saturated carbocycles. The SMILES string of the molecule is Cc1nc(-c2ccsc2)sc1C(=O)NCCCCN1C[C@H](C)C[C@@H](C)C1. The van der Waals surface area contributed by atoms with Gasteiger partial charge in [-0.1, -0.05) is 13.8 Å².